The Morgan fingerprint density at radius 1 is 1.06 bits per heavy atom. The van der Waals surface area contributed by atoms with Crippen molar-refractivity contribution < 1.29 is 40.3 Å². The molecule has 0 saturated carbocycles. The van der Waals surface area contributed by atoms with Crippen LogP contribution in [-0.2, 0) is 10.4 Å². The highest BCUT2D eigenvalue weighted by atomic mass is 35.5. The number of benzene rings is 1. The summed E-state index contributed by atoms with van der Waals surface area (Å²) >= 11 is 17.5. The van der Waals surface area contributed by atoms with Crippen LogP contribution in [0.1, 0.15) is 28.4 Å². The van der Waals surface area contributed by atoms with Gasteiger partial charge in [-0.15, -0.1) is 0 Å². The molecule has 0 saturated heterocycles. The van der Waals surface area contributed by atoms with Gasteiger partial charge < -0.3 is 10.5 Å². The number of rotatable bonds is 6. The zero-order valence-corrected chi connectivity index (χ0v) is 19.5. The van der Waals surface area contributed by atoms with E-state index < -0.39 is 45.3 Å². The van der Waals surface area contributed by atoms with E-state index in [1.54, 1.807) is 6.92 Å². The van der Waals surface area contributed by atoms with Gasteiger partial charge in [0.05, 0.1) is 22.2 Å². The van der Waals surface area contributed by atoms with E-state index in [1.807, 2.05) is 0 Å². The maximum atomic E-state index is 14.3. The minimum atomic E-state index is -6.35. The van der Waals surface area contributed by atoms with E-state index >= 15 is 0 Å². The van der Waals surface area contributed by atoms with Crippen LogP contribution < -0.4 is 5.73 Å². The summed E-state index contributed by atoms with van der Waals surface area (Å²) in [7, 11) is 0. The zero-order chi connectivity index (χ0) is 26.8. The van der Waals surface area contributed by atoms with Gasteiger partial charge in [0.1, 0.15) is 10.8 Å². The third kappa shape index (κ3) is 5.81. The van der Waals surface area contributed by atoms with Gasteiger partial charge in [0, 0.05) is 35.3 Å². The summed E-state index contributed by atoms with van der Waals surface area (Å²) in [6, 6.07) is 1.50. The van der Waals surface area contributed by atoms with Gasteiger partial charge in [-0.05, 0) is 25.1 Å². The number of aliphatic imine (C=N–C) groups is 1. The van der Waals surface area contributed by atoms with Crippen molar-refractivity contribution in [1.29, 1.82) is 0 Å². The molecule has 1 aromatic carbocycles. The number of nitrogens with two attached hydrogens (primary N) is 1. The van der Waals surface area contributed by atoms with Gasteiger partial charge in [-0.25, -0.2) is 14.2 Å². The molecule has 2 rings (SSSR count). The number of pyridine rings is 1. The third-order valence-corrected chi connectivity index (χ3v) is 5.25. The van der Waals surface area contributed by atoms with Gasteiger partial charge in [0.25, 0.3) is 0 Å². The maximum Gasteiger partial charge on any atom is 0.435 e. The maximum absolute atomic E-state index is 14.3. The van der Waals surface area contributed by atoms with Gasteiger partial charge >= 0.3 is 24.0 Å². The topological polar surface area (TPSA) is 77.6 Å². The first-order valence-electron chi connectivity index (χ1n) is 9.19. The smallest absolute Gasteiger partial charge is 0.435 e. The van der Waals surface area contributed by atoms with Crippen LogP contribution in [0.3, 0.4) is 0 Å². The number of esters is 1. The molecule has 0 amide bonds. The largest absolute Gasteiger partial charge is 0.462 e. The number of halogens is 10. The summed E-state index contributed by atoms with van der Waals surface area (Å²) < 4.78 is 97.3. The van der Waals surface area contributed by atoms with E-state index in [0.717, 1.165) is 12.4 Å². The van der Waals surface area contributed by atoms with Crippen LogP contribution in [0, 0.1) is 0 Å². The lowest BCUT2D eigenvalue weighted by molar-refractivity contribution is -0.348. The molecule has 0 aliphatic carbocycles. The summed E-state index contributed by atoms with van der Waals surface area (Å²) in [6.45, 7) is 1.62. The van der Waals surface area contributed by atoms with Crippen LogP contribution in [0.4, 0.5) is 36.4 Å². The average Bonchev–Trinajstić information content (AvgIpc) is 2.74. The first kappa shape index (κ1) is 28.7. The summed E-state index contributed by atoms with van der Waals surface area (Å²) in [5, 5.41) is -1.79. The van der Waals surface area contributed by atoms with Crippen LogP contribution in [-0.4, -0.2) is 36.1 Å². The molecular formula is C20H13Cl3F7N3O2. The number of allylic oxidation sites excluding steroid dienone is 1. The fraction of sp³-hybridized carbons (Fsp3) is 0.250. The number of aromatic nitrogens is 1. The molecule has 0 aliphatic heterocycles. The first-order chi connectivity index (χ1) is 16.1. The predicted octanol–water partition coefficient (Wildman–Crippen LogP) is 7.21. The Labute approximate surface area is 208 Å². The lowest BCUT2D eigenvalue weighted by Crippen LogP contribution is -2.50. The Morgan fingerprint density at radius 2 is 1.60 bits per heavy atom. The molecule has 0 spiro atoms. The summed E-state index contributed by atoms with van der Waals surface area (Å²) in [5.41, 5.74) is -2.38. The molecular weight excluding hydrogens is 554 g/mol. The van der Waals surface area contributed by atoms with Crippen molar-refractivity contribution in [1.82, 2.24) is 4.98 Å². The van der Waals surface area contributed by atoms with E-state index in [1.165, 1.54) is 12.3 Å². The molecule has 0 radical (unpaired) electrons. The third-order valence-electron chi connectivity index (χ3n) is 4.38. The van der Waals surface area contributed by atoms with Crippen LogP contribution in [0.15, 0.2) is 35.6 Å². The quantitative estimate of drug-likeness (QED) is 0.173. The van der Waals surface area contributed by atoms with E-state index in [9.17, 15) is 35.5 Å². The van der Waals surface area contributed by atoms with Crippen molar-refractivity contribution in [3.05, 3.63) is 62.5 Å². The van der Waals surface area contributed by atoms with E-state index in [4.69, 9.17) is 45.3 Å². The van der Waals surface area contributed by atoms with Gasteiger partial charge in [-0.3, -0.25) is 4.99 Å². The van der Waals surface area contributed by atoms with Crippen molar-refractivity contribution in [3.63, 3.8) is 0 Å². The molecule has 2 aromatic rings. The minimum Gasteiger partial charge on any atom is -0.462 e. The lowest BCUT2D eigenvalue weighted by Gasteiger charge is -2.30. The second kappa shape index (κ2) is 10.6. The highest BCUT2D eigenvalue weighted by Gasteiger charge is 2.73. The van der Waals surface area contributed by atoms with Gasteiger partial charge in [-0.2, -0.15) is 26.3 Å². The molecule has 1 heterocycles. The Balaban J connectivity index is 2.51. The van der Waals surface area contributed by atoms with Crippen LogP contribution in [0.2, 0.25) is 15.2 Å². The number of nitrogens with zero attached hydrogens (tertiary/aromatic N) is 2. The van der Waals surface area contributed by atoms with Crippen molar-refractivity contribution in [2.45, 2.75) is 24.9 Å². The summed E-state index contributed by atoms with van der Waals surface area (Å²) in [6.07, 6.45) is -9.51. The van der Waals surface area contributed by atoms with Crippen LogP contribution in [0.5, 0.6) is 0 Å². The van der Waals surface area contributed by atoms with Gasteiger partial charge in [0.2, 0.25) is 0 Å². The van der Waals surface area contributed by atoms with E-state index in [2.05, 4.69) is 9.98 Å². The Kier molecular flexibility index (Phi) is 8.67. The number of hydrogen-bond acceptors (Lipinski definition) is 5. The molecule has 0 fully saturated rings. The molecule has 1 aromatic heterocycles. The molecule has 35 heavy (non-hydrogen) atoms. The second-order valence-electron chi connectivity index (χ2n) is 6.61. The second-order valence-corrected chi connectivity index (χ2v) is 7.78. The highest BCUT2D eigenvalue weighted by Crippen LogP contribution is 2.54. The molecule has 190 valence electrons. The molecule has 0 bridgehead atoms. The first-order valence-corrected chi connectivity index (χ1v) is 10.3. The number of carbonyl (C=O) groups excluding carboxylic acids is 1. The predicted molar refractivity (Wildman–Crippen MR) is 117 cm³/mol. The molecule has 0 aliphatic rings. The van der Waals surface area contributed by atoms with Crippen molar-refractivity contribution >= 4 is 58.2 Å². The van der Waals surface area contributed by atoms with Gasteiger partial charge in [-0.1, -0.05) is 34.8 Å². The number of hydrogen-bond donors (Lipinski definition) is 1. The highest BCUT2D eigenvalue weighted by molar-refractivity contribution is 6.39. The van der Waals surface area contributed by atoms with Gasteiger partial charge in [0.15, 0.2) is 0 Å². The monoisotopic (exact) mass is 565 g/mol. The number of alkyl halides is 7. The molecule has 2 N–H and O–H groups in total. The minimum absolute atomic E-state index is 0.0519. The Bertz CT molecular complexity index is 1140. The van der Waals surface area contributed by atoms with Crippen molar-refractivity contribution in [2.75, 3.05) is 6.61 Å². The fourth-order valence-electron chi connectivity index (χ4n) is 2.68. The normalized spacial score (nSPS) is 13.4. The van der Waals surface area contributed by atoms with Crippen molar-refractivity contribution in [3.8, 4) is 0 Å². The van der Waals surface area contributed by atoms with Crippen LogP contribution >= 0.6 is 34.8 Å². The van der Waals surface area contributed by atoms with Crippen molar-refractivity contribution in [2.24, 2.45) is 10.7 Å². The number of carbonyl (C=O) groups is 1. The van der Waals surface area contributed by atoms with E-state index in [0.29, 0.717) is 0 Å². The molecule has 0 atom stereocenters. The average molecular weight is 567 g/mol. The molecule has 15 heteroatoms. The standard InChI is InChI=1S/C20H13Cl3F7N3O2/c1-2-35-17(34)12-3-9(7-33-16(12)23)10(6-31)8-32-15-13(21)4-11(5-14(15)22)18(24,19(25,26)27)20(28,29)30/h3-8H,2,31H2,1H3/b10-6+,32-8?. The Hall–Kier alpha value is -2.57. The summed E-state index contributed by atoms with van der Waals surface area (Å²) in [5.74, 6) is -0.786. The number of ether oxygens (including phenoxy) is 1. The van der Waals surface area contributed by atoms with Crippen LogP contribution in [0.25, 0.3) is 5.57 Å². The molecule has 0 unspecified atom stereocenters. The lowest BCUT2D eigenvalue weighted by atomic mass is 9.94. The SMILES string of the molecule is CCOC(=O)c1cc(/C(C=Nc2c(Cl)cc(C(F)(C(F)(F)F)C(F)(F)F)cc2Cl)=C/N)cnc1Cl. The fourth-order valence-corrected chi connectivity index (χ4v) is 3.45. The van der Waals surface area contributed by atoms with E-state index in [-0.39, 0.29) is 40.6 Å². The molecule has 5 nitrogen and oxygen atoms in total. The zero-order valence-electron chi connectivity index (χ0n) is 17.2. The summed E-state index contributed by atoms with van der Waals surface area (Å²) in [4.78, 5) is 19.7. The Morgan fingerprint density at radius 3 is 2.06 bits per heavy atom.